The summed E-state index contributed by atoms with van der Waals surface area (Å²) in [5.41, 5.74) is 0.272. The number of anilines is 1. The van der Waals surface area contributed by atoms with Crippen LogP contribution in [-0.2, 0) is 9.59 Å². The summed E-state index contributed by atoms with van der Waals surface area (Å²) in [6, 6.07) is 8.39. The van der Waals surface area contributed by atoms with Crippen LogP contribution in [0.3, 0.4) is 0 Å². The molecule has 0 aliphatic heterocycles. The maximum absolute atomic E-state index is 13.1. The molecule has 2 aromatic carbocycles. The van der Waals surface area contributed by atoms with Gasteiger partial charge in [0.15, 0.2) is 6.10 Å². The number of benzene rings is 2. The predicted molar refractivity (Wildman–Crippen MR) is 104 cm³/mol. The van der Waals surface area contributed by atoms with Crippen molar-refractivity contribution >= 4 is 52.3 Å². The second-order valence-electron chi connectivity index (χ2n) is 5.67. The van der Waals surface area contributed by atoms with Crippen LogP contribution in [-0.4, -0.2) is 36.4 Å². The lowest BCUT2D eigenvalue weighted by atomic mass is 10.3. The Morgan fingerprint density at radius 2 is 1.78 bits per heavy atom. The average Bonchev–Trinajstić information content (AvgIpc) is 2.60. The molecule has 0 saturated heterocycles. The largest absolute Gasteiger partial charge is 0.479 e. The average molecular weight is 434 g/mol. The second kappa shape index (κ2) is 9.26. The smallest absolute Gasteiger partial charge is 0.263 e. The van der Waals surface area contributed by atoms with E-state index in [2.05, 4.69) is 5.32 Å². The Kier molecular flexibility index (Phi) is 7.30. The number of hydrogen-bond acceptors (Lipinski definition) is 3. The minimum Gasteiger partial charge on any atom is -0.479 e. The van der Waals surface area contributed by atoms with Crippen molar-refractivity contribution in [3.8, 4) is 5.75 Å². The first-order valence-corrected chi connectivity index (χ1v) is 8.93. The molecule has 0 aliphatic rings. The van der Waals surface area contributed by atoms with E-state index in [1.165, 1.54) is 31.0 Å². The van der Waals surface area contributed by atoms with Gasteiger partial charge in [-0.25, -0.2) is 4.39 Å². The molecule has 1 unspecified atom stereocenters. The van der Waals surface area contributed by atoms with Gasteiger partial charge < -0.3 is 15.0 Å². The maximum atomic E-state index is 13.1. The molecule has 0 bridgehead atoms. The highest BCUT2D eigenvalue weighted by Gasteiger charge is 2.22. The van der Waals surface area contributed by atoms with Crippen LogP contribution in [0.4, 0.5) is 10.1 Å². The molecule has 0 radical (unpaired) electrons. The van der Waals surface area contributed by atoms with Crippen LogP contribution in [0.25, 0.3) is 0 Å². The standard InChI is InChI=1S/C18H16Cl3FN2O3/c1-10(27-15-7-6-11(22)8-14(15)21)18(26)24(2)9-16(25)23-17-12(19)4-3-5-13(17)20/h3-8,10H,9H2,1-2H3,(H,23,25). The summed E-state index contributed by atoms with van der Waals surface area (Å²) in [4.78, 5) is 25.8. The van der Waals surface area contributed by atoms with Crippen LogP contribution >= 0.6 is 34.8 Å². The Bertz CT molecular complexity index is 843. The number of carbonyl (C=O) groups is 2. The SMILES string of the molecule is CC(Oc1ccc(F)cc1Cl)C(=O)N(C)CC(=O)Nc1c(Cl)cccc1Cl. The van der Waals surface area contributed by atoms with E-state index >= 15 is 0 Å². The number of nitrogens with one attached hydrogen (secondary N) is 1. The fourth-order valence-electron chi connectivity index (χ4n) is 2.21. The Morgan fingerprint density at radius 3 is 2.37 bits per heavy atom. The van der Waals surface area contributed by atoms with Gasteiger partial charge in [-0.05, 0) is 37.3 Å². The van der Waals surface area contributed by atoms with E-state index in [-0.39, 0.29) is 33.0 Å². The monoisotopic (exact) mass is 432 g/mol. The molecule has 0 heterocycles. The van der Waals surface area contributed by atoms with Crippen molar-refractivity contribution in [3.63, 3.8) is 0 Å². The van der Waals surface area contributed by atoms with Crippen LogP contribution in [0, 0.1) is 5.82 Å². The van der Waals surface area contributed by atoms with E-state index in [9.17, 15) is 14.0 Å². The van der Waals surface area contributed by atoms with Crippen LogP contribution in [0.5, 0.6) is 5.75 Å². The van der Waals surface area contributed by atoms with Crippen molar-refractivity contribution in [2.24, 2.45) is 0 Å². The molecular formula is C18H16Cl3FN2O3. The molecule has 0 aromatic heterocycles. The van der Waals surface area contributed by atoms with Crippen molar-refractivity contribution in [3.05, 3.63) is 57.3 Å². The van der Waals surface area contributed by atoms with E-state index < -0.39 is 23.7 Å². The number of amides is 2. The zero-order valence-electron chi connectivity index (χ0n) is 14.4. The molecule has 27 heavy (non-hydrogen) atoms. The summed E-state index contributed by atoms with van der Waals surface area (Å²) in [6.45, 7) is 1.26. The quantitative estimate of drug-likeness (QED) is 0.721. The van der Waals surface area contributed by atoms with Crippen LogP contribution in [0.2, 0.25) is 15.1 Å². The van der Waals surface area contributed by atoms with Gasteiger partial charge in [0.1, 0.15) is 11.6 Å². The molecule has 1 N–H and O–H groups in total. The first kappa shape index (κ1) is 21.3. The highest BCUT2D eigenvalue weighted by molar-refractivity contribution is 6.39. The second-order valence-corrected chi connectivity index (χ2v) is 6.90. The molecule has 2 rings (SSSR count). The van der Waals surface area contributed by atoms with E-state index in [0.29, 0.717) is 0 Å². The summed E-state index contributed by atoms with van der Waals surface area (Å²) in [5.74, 6) is -1.29. The van der Waals surface area contributed by atoms with Crippen molar-refractivity contribution in [2.45, 2.75) is 13.0 Å². The third kappa shape index (κ3) is 5.73. The first-order valence-electron chi connectivity index (χ1n) is 7.79. The van der Waals surface area contributed by atoms with Gasteiger partial charge in [-0.3, -0.25) is 9.59 Å². The molecule has 2 amide bonds. The number of halogens is 4. The number of hydrogen-bond donors (Lipinski definition) is 1. The lowest BCUT2D eigenvalue weighted by molar-refractivity contribution is -0.139. The summed E-state index contributed by atoms with van der Waals surface area (Å²) in [5, 5.41) is 3.18. The third-order valence-corrected chi connectivity index (χ3v) is 4.45. The van der Waals surface area contributed by atoms with Gasteiger partial charge in [0.25, 0.3) is 5.91 Å². The number of nitrogens with zero attached hydrogens (tertiary/aromatic N) is 1. The zero-order chi connectivity index (χ0) is 20.1. The summed E-state index contributed by atoms with van der Waals surface area (Å²) in [6.07, 6.45) is -0.935. The highest BCUT2D eigenvalue weighted by Crippen LogP contribution is 2.29. The van der Waals surface area contributed by atoms with Gasteiger partial charge in [0.05, 0.1) is 27.3 Å². The van der Waals surface area contributed by atoms with E-state index in [4.69, 9.17) is 39.5 Å². The Balaban J connectivity index is 1.96. The minimum absolute atomic E-state index is 0.0448. The number of carbonyl (C=O) groups excluding carboxylic acids is 2. The molecule has 1 atom stereocenters. The predicted octanol–water partition coefficient (Wildman–Crippen LogP) is 4.65. The van der Waals surface area contributed by atoms with Crippen LogP contribution < -0.4 is 10.1 Å². The molecule has 0 spiro atoms. The number of ether oxygens (including phenoxy) is 1. The van der Waals surface area contributed by atoms with Crippen LogP contribution in [0.15, 0.2) is 36.4 Å². The zero-order valence-corrected chi connectivity index (χ0v) is 16.7. The van der Waals surface area contributed by atoms with Crippen molar-refractivity contribution < 1.29 is 18.7 Å². The Hall–Kier alpha value is -2.02. The number of rotatable bonds is 6. The van der Waals surface area contributed by atoms with E-state index in [1.54, 1.807) is 18.2 Å². The molecule has 144 valence electrons. The van der Waals surface area contributed by atoms with Gasteiger partial charge in [-0.2, -0.15) is 0 Å². The van der Waals surface area contributed by atoms with E-state index in [1.807, 2.05) is 0 Å². The van der Waals surface area contributed by atoms with Gasteiger partial charge in [0, 0.05) is 7.05 Å². The topological polar surface area (TPSA) is 58.6 Å². The van der Waals surface area contributed by atoms with Crippen LogP contribution in [0.1, 0.15) is 6.92 Å². The summed E-state index contributed by atoms with van der Waals surface area (Å²) < 4.78 is 18.5. The molecule has 0 aliphatic carbocycles. The molecular weight excluding hydrogens is 418 g/mol. The van der Waals surface area contributed by atoms with Gasteiger partial charge in [-0.15, -0.1) is 0 Å². The molecule has 0 saturated carbocycles. The number of para-hydroxylation sites is 1. The molecule has 9 heteroatoms. The minimum atomic E-state index is -0.935. The Labute approximate surface area is 170 Å². The fourth-order valence-corrected chi connectivity index (χ4v) is 2.92. The normalized spacial score (nSPS) is 11.6. The first-order chi connectivity index (χ1) is 12.7. The lowest BCUT2D eigenvalue weighted by Crippen LogP contribution is -2.42. The molecule has 2 aromatic rings. The van der Waals surface area contributed by atoms with Crippen molar-refractivity contribution in [2.75, 3.05) is 18.9 Å². The Morgan fingerprint density at radius 1 is 1.15 bits per heavy atom. The molecule has 5 nitrogen and oxygen atoms in total. The lowest BCUT2D eigenvalue weighted by Gasteiger charge is -2.22. The van der Waals surface area contributed by atoms with Gasteiger partial charge in [-0.1, -0.05) is 40.9 Å². The number of likely N-dealkylation sites (N-methyl/N-ethyl adjacent to an activating group) is 1. The van der Waals surface area contributed by atoms with Gasteiger partial charge >= 0.3 is 0 Å². The third-order valence-electron chi connectivity index (χ3n) is 3.53. The summed E-state index contributed by atoms with van der Waals surface area (Å²) >= 11 is 17.9. The summed E-state index contributed by atoms with van der Waals surface area (Å²) in [7, 11) is 1.45. The highest BCUT2D eigenvalue weighted by atomic mass is 35.5. The van der Waals surface area contributed by atoms with Crippen molar-refractivity contribution in [1.29, 1.82) is 0 Å². The maximum Gasteiger partial charge on any atom is 0.263 e. The van der Waals surface area contributed by atoms with Crippen molar-refractivity contribution in [1.82, 2.24) is 4.90 Å². The fraction of sp³-hybridized carbons (Fsp3) is 0.222. The van der Waals surface area contributed by atoms with E-state index in [0.717, 1.165) is 6.07 Å². The molecule has 0 fully saturated rings. The van der Waals surface area contributed by atoms with Gasteiger partial charge in [0.2, 0.25) is 5.91 Å².